The highest BCUT2D eigenvalue weighted by atomic mass is 19.4. The quantitative estimate of drug-likeness (QED) is 0.156. The van der Waals surface area contributed by atoms with Gasteiger partial charge in [0.15, 0.2) is 5.78 Å². The van der Waals surface area contributed by atoms with Crippen molar-refractivity contribution in [3.63, 3.8) is 0 Å². The highest BCUT2D eigenvalue weighted by Gasteiger charge is 2.39. The van der Waals surface area contributed by atoms with Gasteiger partial charge in [0.2, 0.25) is 0 Å². The van der Waals surface area contributed by atoms with Crippen molar-refractivity contribution in [1.82, 2.24) is 0 Å². The Labute approximate surface area is 246 Å². The fourth-order valence-corrected chi connectivity index (χ4v) is 5.59. The molecule has 0 saturated heterocycles. The molecule has 3 nitrogen and oxygen atoms in total. The molecule has 0 aliphatic rings. The molecule has 2 N–H and O–H groups in total. The summed E-state index contributed by atoms with van der Waals surface area (Å²) in [7, 11) is 0. The first-order valence-electron chi connectivity index (χ1n) is 13.2. The van der Waals surface area contributed by atoms with E-state index in [2.05, 4.69) is 0 Å². The molecule has 6 aromatic carbocycles. The molecule has 6 rings (SSSR count). The van der Waals surface area contributed by atoms with Crippen LogP contribution < -0.4 is 0 Å². The molecule has 0 spiro atoms. The minimum atomic E-state index is -4.99. The van der Waals surface area contributed by atoms with Crippen LogP contribution in [0.15, 0.2) is 109 Å². The largest absolute Gasteiger partial charge is 0.507 e. The van der Waals surface area contributed by atoms with E-state index in [1.165, 1.54) is 36.4 Å². The zero-order valence-corrected chi connectivity index (χ0v) is 22.5. The number of phenols is 2. The molecular formula is C35H20F6O3. The van der Waals surface area contributed by atoms with Gasteiger partial charge in [0, 0.05) is 44.2 Å². The van der Waals surface area contributed by atoms with E-state index in [0.717, 1.165) is 36.4 Å². The van der Waals surface area contributed by atoms with E-state index in [4.69, 9.17) is 0 Å². The van der Waals surface area contributed by atoms with Crippen LogP contribution in [0.5, 0.6) is 11.5 Å². The first-order valence-corrected chi connectivity index (χ1v) is 13.2. The number of alkyl halides is 6. The number of fused-ring (bicyclic) bond motifs is 2. The average molecular weight is 603 g/mol. The van der Waals surface area contributed by atoms with Gasteiger partial charge in [-0.15, -0.1) is 0 Å². The number of benzene rings is 6. The zero-order valence-electron chi connectivity index (χ0n) is 22.5. The molecular weight excluding hydrogens is 582 g/mol. The number of rotatable bonds is 4. The van der Waals surface area contributed by atoms with Crippen molar-refractivity contribution in [2.75, 3.05) is 0 Å². The van der Waals surface area contributed by atoms with Crippen molar-refractivity contribution in [3.8, 4) is 33.8 Å². The number of hydrogen-bond donors (Lipinski definition) is 2. The number of hydrogen-bond acceptors (Lipinski definition) is 3. The molecule has 0 unspecified atom stereocenters. The molecule has 0 radical (unpaired) electrons. The number of carbonyl (C=O) groups excluding carboxylic acids is 1. The van der Waals surface area contributed by atoms with Gasteiger partial charge in [-0.1, -0.05) is 84.9 Å². The van der Waals surface area contributed by atoms with Crippen molar-refractivity contribution in [2.45, 2.75) is 12.4 Å². The number of phenolic OH excluding ortho intramolecular Hbond substituents is 2. The summed E-state index contributed by atoms with van der Waals surface area (Å²) < 4.78 is 86.5. The van der Waals surface area contributed by atoms with Crippen LogP contribution in [-0.4, -0.2) is 16.0 Å². The summed E-state index contributed by atoms with van der Waals surface area (Å²) in [4.78, 5) is 14.2. The smallest absolute Gasteiger partial charge is 0.417 e. The fraction of sp³-hybridized carbons (Fsp3) is 0.0571. The van der Waals surface area contributed by atoms with Crippen LogP contribution in [-0.2, 0) is 12.4 Å². The summed E-state index contributed by atoms with van der Waals surface area (Å²) in [6.07, 6.45) is -9.98. The lowest BCUT2D eigenvalue weighted by Gasteiger charge is -2.21. The maximum atomic E-state index is 14.4. The zero-order chi connectivity index (χ0) is 31.4. The summed E-state index contributed by atoms with van der Waals surface area (Å²) in [5.41, 5.74) is -5.66. The van der Waals surface area contributed by atoms with E-state index < -0.39 is 63.0 Å². The van der Waals surface area contributed by atoms with Crippen molar-refractivity contribution < 1.29 is 41.4 Å². The lowest BCUT2D eigenvalue weighted by molar-refractivity contribution is -0.137. The highest BCUT2D eigenvalue weighted by molar-refractivity contribution is 6.18. The third-order valence-electron chi connectivity index (χ3n) is 7.57. The predicted molar refractivity (Wildman–Crippen MR) is 156 cm³/mol. The van der Waals surface area contributed by atoms with Crippen LogP contribution in [0, 0.1) is 0 Å². The van der Waals surface area contributed by atoms with Crippen molar-refractivity contribution >= 4 is 27.3 Å². The molecule has 0 fully saturated rings. The third kappa shape index (κ3) is 4.80. The lowest BCUT2D eigenvalue weighted by Crippen LogP contribution is -2.15. The molecule has 9 heteroatoms. The van der Waals surface area contributed by atoms with E-state index in [9.17, 15) is 41.4 Å². The van der Waals surface area contributed by atoms with Crippen LogP contribution in [0.1, 0.15) is 27.0 Å². The van der Waals surface area contributed by atoms with Gasteiger partial charge in [-0.25, -0.2) is 0 Å². The van der Waals surface area contributed by atoms with Crippen LogP contribution in [0.25, 0.3) is 43.8 Å². The Kier molecular flexibility index (Phi) is 6.84. The normalized spacial score (nSPS) is 12.1. The summed E-state index contributed by atoms with van der Waals surface area (Å²) in [5.74, 6) is -2.21. The maximum absolute atomic E-state index is 14.4. The molecule has 0 aliphatic carbocycles. The van der Waals surface area contributed by atoms with Crippen molar-refractivity contribution in [1.29, 1.82) is 0 Å². The average Bonchev–Trinajstić information content (AvgIpc) is 3.00. The molecule has 6 aromatic rings. The summed E-state index contributed by atoms with van der Waals surface area (Å²) >= 11 is 0. The first kappa shape index (κ1) is 28.8. The predicted octanol–water partition coefficient (Wildman–Crippen LogP) is 10.0. The Bertz CT molecular complexity index is 1950. The SMILES string of the molecule is O=C(c1cccc(C(F)(F)F)c1-c1ccc2ccccc2c1O)c1cccc(C(F)(F)F)c1-c1ccc2ccccc2c1O. The van der Waals surface area contributed by atoms with Gasteiger partial charge >= 0.3 is 12.4 Å². The molecule has 0 atom stereocenters. The first-order chi connectivity index (χ1) is 20.9. The molecule has 0 amide bonds. The topological polar surface area (TPSA) is 57.5 Å². The summed E-state index contributed by atoms with van der Waals surface area (Å²) in [5, 5.41) is 23.8. The molecule has 0 aromatic heterocycles. The second-order valence-electron chi connectivity index (χ2n) is 10.1. The molecule has 0 saturated carbocycles. The second-order valence-corrected chi connectivity index (χ2v) is 10.1. The highest BCUT2D eigenvalue weighted by Crippen LogP contribution is 2.48. The van der Waals surface area contributed by atoms with Gasteiger partial charge in [-0.05, 0) is 35.0 Å². The van der Waals surface area contributed by atoms with Gasteiger partial charge in [0.05, 0.1) is 11.1 Å². The number of aromatic hydroxyl groups is 2. The van der Waals surface area contributed by atoms with Crippen molar-refractivity contribution in [2.24, 2.45) is 0 Å². The van der Waals surface area contributed by atoms with E-state index in [1.54, 1.807) is 36.4 Å². The Hall–Kier alpha value is -5.31. The van der Waals surface area contributed by atoms with Crippen LogP contribution in [0.2, 0.25) is 0 Å². The molecule has 44 heavy (non-hydrogen) atoms. The second kappa shape index (κ2) is 10.4. The molecule has 0 aliphatic heterocycles. The number of halogens is 6. The van der Waals surface area contributed by atoms with E-state index in [-0.39, 0.29) is 21.9 Å². The number of carbonyl (C=O) groups is 1. The fourth-order valence-electron chi connectivity index (χ4n) is 5.59. The van der Waals surface area contributed by atoms with Crippen molar-refractivity contribution in [3.05, 3.63) is 131 Å². The Morgan fingerprint density at radius 2 is 0.864 bits per heavy atom. The minimum absolute atomic E-state index is 0.223. The third-order valence-corrected chi connectivity index (χ3v) is 7.57. The standard InChI is InChI=1S/C35H20F6O3/c36-34(37,38)27-13-5-11-23(29(27)25-17-15-19-7-1-3-9-21(19)31(25)42)33(44)24-12-6-14-28(35(39,40)41)30(24)26-18-16-20-8-2-4-10-22(20)32(26)43/h1-18,42-43H. The minimum Gasteiger partial charge on any atom is -0.507 e. The van der Waals surface area contributed by atoms with Gasteiger partial charge < -0.3 is 10.2 Å². The maximum Gasteiger partial charge on any atom is 0.417 e. The van der Waals surface area contributed by atoms with Crippen LogP contribution in [0.3, 0.4) is 0 Å². The van der Waals surface area contributed by atoms with Crippen LogP contribution >= 0.6 is 0 Å². The Balaban J connectivity index is 1.67. The number of ketones is 1. The molecule has 0 heterocycles. The van der Waals surface area contributed by atoms with Gasteiger partial charge in [0.1, 0.15) is 11.5 Å². The van der Waals surface area contributed by atoms with Gasteiger partial charge in [0.25, 0.3) is 0 Å². The summed E-state index contributed by atoms with van der Waals surface area (Å²) in [6.45, 7) is 0. The van der Waals surface area contributed by atoms with E-state index in [0.29, 0.717) is 10.8 Å². The van der Waals surface area contributed by atoms with Gasteiger partial charge in [-0.2, -0.15) is 26.3 Å². The monoisotopic (exact) mass is 602 g/mol. The van der Waals surface area contributed by atoms with Gasteiger partial charge in [-0.3, -0.25) is 4.79 Å². The summed E-state index contributed by atoms with van der Waals surface area (Å²) in [6, 6.07) is 23.8. The Morgan fingerprint density at radius 1 is 0.477 bits per heavy atom. The molecule has 220 valence electrons. The van der Waals surface area contributed by atoms with E-state index >= 15 is 0 Å². The lowest BCUT2D eigenvalue weighted by atomic mass is 9.84. The molecule has 0 bridgehead atoms. The Morgan fingerprint density at radius 3 is 1.25 bits per heavy atom. The van der Waals surface area contributed by atoms with Crippen LogP contribution in [0.4, 0.5) is 26.3 Å². The van der Waals surface area contributed by atoms with E-state index in [1.807, 2.05) is 0 Å².